The highest BCUT2D eigenvalue weighted by atomic mass is 16.2. The van der Waals surface area contributed by atoms with Gasteiger partial charge < -0.3 is 11.1 Å². The van der Waals surface area contributed by atoms with Gasteiger partial charge in [0.05, 0.1) is 24.5 Å². The molecule has 0 unspecified atom stereocenters. The SMILES string of the molecule is CC[C@H](C)[C@H](N)C(=O)Nc1cnn(Cc2ccccc2)c1. The first kappa shape index (κ1) is 15.3. The molecule has 0 fully saturated rings. The number of anilines is 1. The molecular formula is C16H22N4O. The first-order valence-electron chi connectivity index (χ1n) is 7.23. The van der Waals surface area contributed by atoms with Crippen molar-refractivity contribution in [1.82, 2.24) is 9.78 Å². The molecule has 5 nitrogen and oxygen atoms in total. The maximum absolute atomic E-state index is 12.0. The van der Waals surface area contributed by atoms with Gasteiger partial charge in [0.1, 0.15) is 0 Å². The molecule has 2 atom stereocenters. The number of hydrogen-bond acceptors (Lipinski definition) is 3. The van der Waals surface area contributed by atoms with Gasteiger partial charge in [-0.3, -0.25) is 9.48 Å². The van der Waals surface area contributed by atoms with Crippen molar-refractivity contribution in [2.24, 2.45) is 11.7 Å². The molecule has 0 bridgehead atoms. The zero-order valence-corrected chi connectivity index (χ0v) is 12.5. The number of nitrogens with zero attached hydrogens (tertiary/aromatic N) is 2. The monoisotopic (exact) mass is 286 g/mol. The Morgan fingerprint density at radius 2 is 2.10 bits per heavy atom. The van der Waals surface area contributed by atoms with E-state index in [-0.39, 0.29) is 11.8 Å². The zero-order valence-electron chi connectivity index (χ0n) is 12.5. The van der Waals surface area contributed by atoms with Crippen LogP contribution in [0.3, 0.4) is 0 Å². The molecule has 21 heavy (non-hydrogen) atoms. The largest absolute Gasteiger partial charge is 0.322 e. The minimum atomic E-state index is -0.493. The summed E-state index contributed by atoms with van der Waals surface area (Å²) in [4.78, 5) is 12.0. The summed E-state index contributed by atoms with van der Waals surface area (Å²) in [5, 5.41) is 7.07. The molecule has 0 aliphatic heterocycles. The molecule has 3 N–H and O–H groups in total. The van der Waals surface area contributed by atoms with E-state index in [0.717, 1.165) is 12.0 Å². The van der Waals surface area contributed by atoms with Crippen LogP contribution in [0.2, 0.25) is 0 Å². The number of amides is 1. The van der Waals surface area contributed by atoms with Crippen LogP contribution in [-0.2, 0) is 11.3 Å². The highest BCUT2D eigenvalue weighted by molar-refractivity contribution is 5.94. The normalized spacial score (nSPS) is 13.7. The van der Waals surface area contributed by atoms with E-state index in [1.165, 1.54) is 0 Å². The van der Waals surface area contributed by atoms with Crippen LogP contribution in [0.5, 0.6) is 0 Å². The number of hydrogen-bond donors (Lipinski definition) is 2. The number of nitrogens with two attached hydrogens (primary N) is 1. The molecular weight excluding hydrogens is 264 g/mol. The van der Waals surface area contributed by atoms with Gasteiger partial charge in [-0.15, -0.1) is 0 Å². The van der Waals surface area contributed by atoms with Crippen molar-refractivity contribution in [2.75, 3.05) is 5.32 Å². The van der Waals surface area contributed by atoms with Crippen molar-refractivity contribution < 1.29 is 4.79 Å². The smallest absolute Gasteiger partial charge is 0.241 e. The van der Waals surface area contributed by atoms with E-state index >= 15 is 0 Å². The molecule has 0 spiro atoms. The lowest BCUT2D eigenvalue weighted by molar-refractivity contribution is -0.118. The number of carbonyl (C=O) groups is 1. The minimum Gasteiger partial charge on any atom is -0.322 e. The highest BCUT2D eigenvalue weighted by Gasteiger charge is 2.19. The Morgan fingerprint density at radius 1 is 1.38 bits per heavy atom. The van der Waals surface area contributed by atoms with E-state index in [1.54, 1.807) is 10.9 Å². The van der Waals surface area contributed by atoms with Gasteiger partial charge in [0.25, 0.3) is 0 Å². The standard InChI is InChI=1S/C16H22N4O/c1-3-12(2)15(17)16(21)19-14-9-18-20(11-14)10-13-7-5-4-6-8-13/h4-9,11-12,15H,3,10,17H2,1-2H3,(H,19,21)/t12-,15-/m0/s1. The Bertz CT molecular complexity index is 579. The molecule has 1 heterocycles. The Kier molecular flexibility index (Phi) is 5.11. The second kappa shape index (κ2) is 7.04. The predicted molar refractivity (Wildman–Crippen MR) is 83.8 cm³/mol. The van der Waals surface area contributed by atoms with Crippen molar-refractivity contribution >= 4 is 11.6 Å². The first-order chi connectivity index (χ1) is 10.1. The molecule has 0 saturated heterocycles. The minimum absolute atomic E-state index is 0.157. The van der Waals surface area contributed by atoms with Gasteiger partial charge in [-0.25, -0.2) is 0 Å². The van der Waals surface area contributed by atoms with E-state index in [2.05, 4.69) is 10.4 Å². The Hall–Kier alpha value is -2.14. The lowest BCUT2D eigenvalue weighted by Crippen LogP contribution is -2.40. The predicted octanol–water partition coefficient (Wildman–Crippen LogP) is 2.24. The number of benzene rings is 1. The summed E-state index contributed by atoms with van der Waals surface area (Å²) in [6.07, 6.45) is 4.33. The van der Waals surface area contributed by atoms with Gasteiger partial charge >= 0.3 is 0 Å². The molecule has 5 heteroatoms. The fraction of sp³-hybridized carbons (Fsp3) is 0.375. The van der Waals surface area contributed by atoms with Crippen molar-refractivity contribution in [2.45, 2.75) is 32.9 Å². The lowest BCUT2D eigenvalue weighted by atomic mass is 9.99. The topological polar surface area (TPSA) is 72.9 Å². The van der Waals surface area contributed by atoms with Crippen LogP contribution in [0.15, 0.2) is 42.7 Å². The summed E-state index contributed by atoms with van der Waals surface area (Å²) in [6, 6.07) is 9.55. The van der Waals surface area contributed by atoms with E-state index in [4.69, 9.17) is 5.73 Å². The first-order valence-corrected chi connectivity index (χ1v) is 7.23. The van der Waals surface area contributed by atoms with Gasteiger partial charge in [-0.05, 0) is 11.5 Å². The van der Waals surface area contributed by atoms with Crippen LogP contribution in [0.25, 0.3) is 0 Å². The van der Waals surface area contributed by atoms with Crippen molar-refractivity contribution in [3.05, 3.63) is 48.3 Å². The van der Waals surface area contributed by atoms with Gasteiger partial charge in [-0.2, -0.15) is 5.10 Å². The van der Waals surface area contributed by atoms with E-state index in [0.29, 0.717) is 12.2 Å². The molecule has 0 aliphatic rings. The molecule has 1 aromatic carbocycles. The molecule has 0 aliphatic carbocycles. The van der Waals surface area contributed by atoms with Crippen LogP contribution in [0.1, 0.15) is 25.8 Å². The van der Waals surface area contributed by atoms with E-state index in [1.807, 2.05) is 50.4 Å². The average Bonchev–Trinajstić information content (AvgIpc) is 2.93. The maximum atomic E-state index is 12.0. The quantitative estimate of drug-likeness (QED) is 0.855. The third-order valence-electron chi connectivity index (χ3n) is 3.65. The number of rotatable bonds is 6. The number of nitrogens with one attached hydrogen (secondary N) is 1. The number of carbonyl (C=O) groups excluding carboxylic acids is 1. The molecule has 0 saturated carbocycles. The van der Waals surface area contributed by atoms with Crippen LogP contribution < -0.4 is 11.1 Å². The second-order valence-electron chi connectivity index (χ2n) is 5.31. The summed E-state index contributed by atoms with van der Waals surface area (Å²) in [5.41, 5.74) is 7.75. The van der Waals surface area contributed by atoms with Crippen molar-refractivity contribution in [3.8, 4) is 0 Å². The molecule has 112 valence electrons. The molecule has 1 aromatic heterocycles. The van der Waals surface area contributed by atoms with Gasteiger partial charge in [0, 0.05) is 6.20 Å². The van der Waals surface area contributed by atoms with Gasteiger partial charge in [-0.1, -0.05) is 50.6 Å². The fourth-order valence-electron chi connectivity index (χ4n) is 2.02. The fourth-order valence-corrected chi connectivity index (χ4v) is 2.02. The summed E-state index contributed by atoms with van der Waals surface area (Å²) in [6.45, 7) is 4.67. The lowest BCUT2D eigenvalue weighted by Gasteiger charge is -2.16. The Labute approximate surface area is 125 Å². The number of aromatic nitrogens is 2. The van der Waals surface area contributed by atoms with Gasteiger partial charge in [0.2, 0.25) is 5.91 Å². The maximum Gasteiger partial charge on any atom is 0.241 e. The summed E-state index contributed by atoms with van der Waals surface area (Å²) in [7, 11) is 0. The summed E-state index contributed by atoms with van der Waals surface area (Å²) >= 11 is 0. The van der Waals surface area contributed by atoms with E-state index < -0.39 is 6.04 Å². The summed E-state index contributed by atoms with van der Waals surface area (Å²) in [5.74, 6) is -0.00650. The molecule has 2 aromatic rings. The third-order valence-corrected chi connectivity index (χ3v) is 3.65. The molecule has 0 radical (unpaired) electrons. The van der Waals surface area contributed by atoms with Crippen LogP contribution in [0.4, 0.5) is 5.69 Å². The zero-order chi connectivity index (χ0) is 15.2. The average molecular weight is 286 g/mol. The summed E-state index contributed by atoms with van der Waals surface area (Å²) < 4.78 is 1.79. The van der Waals surface area contributed by atoms with Crippen LogP contribution >= 0.6 is 0 Å². The van der Waals surface area contributed by atoms with Crippen LogP contribution in [-0.4, -0.2) is 21.7 Å². The second-order valence-corrected chi connectivity index (χ2v) is 5.31. The molecule has 1 amide bonds. The van der Waals surface area contributed by atoms with Crippen LogP contribution in [0, 0.1) is 5.92 Å². The Balaban J connectivity index is 1.96. The Morgan fingerprint density at radius 3 is 2.76 bits per heavy atom. The third kappa shape index (κ3) is 4.16. The highest BCUT2D eigenvalue weighted by Crippen LogP contribution is 2.11. The van der Waals surface area contributed by atoms with Crippen molar-refractivity contribution in [3.63, 3.8) is 0 Å². The van der Waals surface area contributed by atoms with Gasteiger partial charge in [0.15, 0.2) is 0 Å². The van der Waals surface area contributed by atoms with E-state index in [9.17, 15) is 4.79 Å². The molecule has 2 rings (SSSR count). The van der Waals surface area contributed by atoms with Crippen molar-refractivity contribution in [1.29, 1.82) is 0 Å².